The zero-order chi connectivity index (χ0) is 3.41. The standard InChI is InChI=1S/C2H6IN.ClH/c3-1-2-4;/h1-2,4H2;1H. The van der Waals surface area contributed by atoms with Gasteiger partial charge in [0.15, 0.2) is 0 Å². The van der Waals surface area contributed by atoms with Crippen LogP contribution in [-0.4, -0.2) is 11.0 Å². The lowest BCUT2D eigenvalue weighted by Gasteiger charge is -1.64. The van der Waals surface area contributed by atoms with Gasteiger partial charge in [-0.05, 0) is 0 Å². The topological polar surface area (TPSA) is 27.6 Å². The molecule has 5 heavy (non-hydrogen) atoms. The Morgan fingerprint density at radius 2 is 1.80 bits per heavy atom. The summed E-state index contributed by atoms with van der Waals surface area (Å²) in [6, 6.07) is 0. The summed E-state index contributed by atoms with van der Waals surface area (Å²) in [4.78, 5) is 0. The Hall–Kier alpha value is 0.980. The molecule has 0 aromatic rings. The smallest absolute Gasteiger partial charge is 0.0830 e. The molecule has 0 radical (unpaired) electrons. The van der Waals surface area contributed by atoms with Gasteiger partial charge in [-0.15, -0.1) is 0 Å². The molecule has 0 amide bonds. The van der Waals surface area contributed by atoms with Crippen molar-refractivity contribution in [2.24, 2.45) is 0 Å². The molecule has 0 saturated carbocycles. The molecule has 0 aliphatic carbocycles. The summed E-state index contributed by atoms with van der Waals surface area (Å²) >= 11 is 2.29. The van der Waals surface area contributed by atoms with E-state index in [9.17, 15) is 0 Å². The molecule has 0 unspecified atom stereocenters. The molecule has 0 spiro atoms. The van der Waals surface area contributed by atoms with Crippen LogP contribution < -0.4 is 18.1 Å². The van der Waals surface area contributed by atoms with E-state index in [2.05, 4.69) is 28.3 Å². The van der Waals surface area contributed by atoms with Crippen LogP contribution >= 0.6 is 22.6 Å². The minimum Gasteiger partial charge on any atom is -1.00 e. The molecular weight excluding hydrogens is 200 g/mol. The van der Waals surface area contributed by atoms with Crippen molar-refractivity contribution >= 4 is 22.6 Å². The van der Waals surface area contributed by atoms with E-state index in [-0.39, 0.29) is 12.4 Å². The molecule has 0 bridgehead atoms. The van der Waals surface area contributed by atoms with Crippen LogP contribution in [0.1, 0.15) is 0 Å². The summed E-state index contributed by atoms with van der Waals surface area (Å²) in [6.07, 6.45) is 0. The van der Waals surface area contributed by atoms with Gasteiger partial charge in [0.25, 0.3) is 0 Å². The highest BCUT2D eigenvalue weighted by Crippen LogP contribution is 1.68. The Balaban J connectivity index is 0. The second-order valence-electron chi connectivity index (χ2n) is 0.543. The van der Waals surface area contributed by atoms with Crippen molar-refractivity contribution in [2.75, 3.05) is 11.0 Å². The lowest BCUT2D eigenvalue weighted by molar-refractivity contribution is -0.359. The Labute approximate surface area is 51.9 Å². The largest absolute Gasteiger partial charge is 1.00 e. The van der Waals surface area contributed by atoms with Crippen LogP contribution in [0.15, 0.2) is 0 Å². The van der Waals surface area contributed by atoms with Crippen LogP contribution in [0.25, 0.3) is 0 Å². The molecular formula is C2H7ClIN. The first-order valence-corrected chi connectivity index (χ1v) is 2.79. The van der Waals surface area contributed by atoms with Gasteiger partial charge in [-0.25, -0.2) is 0 Å². The highest BCUT2D eigenvalue weighted by atomic mass is 127. The number of quaternary nitrogens is 1. The zero-order valence-electron chi connectivity index (χ0n) is 2.88. The Bertz CT molecular complexity index is 11.6. The molecule has 0 saturated heterocycles. The molecule has 1 nitrogen and oxygen atoms in total. The van der Waals surface area contributed by atoms with Crippen LogP contribution in [0.5, 0.6) is 0 Å². The van der Waals surface area contributed by atoms with Crippen molar-refractivity contribution in [3.8, 4) is 0 Å². The summed E-state index contributed by atoms with van der Waals surface area (Å²) in [5.41, 5.74) is 3.60. The molecule has 0 aromatic carbocycles. The third-order valence-electron chi connectivity index (χ3n) is 0.134. The second-order valence-corrected chi connectivity index (χ2v) is 1.62. The maximum absolute atomic E-state index is 3.60. The molecule has 0 fully saturated rings. The Morgan fingerprint density at radius 3 is 1.80 bits per heavy atom. The van der Waals surface area contributed by atoms with E-state index in [0.717, 1.165) is 6.54 Å². The van der Waals surface area contributed by atoms with Gasteiger partial charge in [-0.3, -0.25) is 0 Å². The van der Waals surface area contributed by atoms with Gasteiger partial charge in [-0.2, -0.15) is 0 Å². The summed E-state index contributed by atoms with van der Waals surface area (Å²) in [6.45, 7) is 1.06. The zero-order valence-corrected chi connectivity index (χ0v) is 5.79. The van der Waals surface area contributed by atoms with Gasteiger partial charge in [0.1, 0.15) is 0 Å². The van der Waals surface area contributed by atoms with E-state index >= 15 is 0 Å². The molecule has 0 aromatic heterocycles. The van der Waals surface area contributed by atoms with Crippen molar-refractivity contribution < 1.29 is 18.1 Å². The van der Waals surface area contributed by atoms with Crippen LogP contribution in [-0.2, 0) is 0 Å². The lowest BCUT2D eigenvalue weighted by atomic mass is 10.8. The molecule has 3 heteroatoms. The minimum atomic E-state index is 0. The average Bonchev–Trinajstić information content (AvgIpc) is 1.37. The monoisotopic (exact) mass is 207 g/mol. The third-order valence-corrected chi connectivity index (χ3v) is 0.896. The summed E-state index contributed by atoms with van der Waals surface area (Å²) < 4.78 is 1.18. The molecule has 0 aliphatic heterocycles. The molecule has 0 aliphatic rings. The van der Waals surface area contributed by atoms with Crippen molar-refractivity contribution in [1.82, 2.24) is 0 Å². The predicted octanol–water partition coefficient (Wildman–Crippen LogP) is -3.33. The molecule has 3 N–H and O–H groups in total. The minimum absolute atomic E-state index is 0. The first-order chi connectivity index (χ1) is 1.91. The summed E-state index contributed by atoms with van der Waals surface area (Å²) in [7, 11) is 0. The third kappa shape index (κ3) is 11.3. The van der Waals surface area contributed by atoms with E-state index in [0.29, 0.717) is 0 Å². The highest BCUT2D eigenvalue weighted by Gasteiger charge is 1.62. The second kappa shape index (κ2) is 8.88. The maximum Gasteiger partial charge on any atom is 0.0830 e. The molecule has 0 heterocycles. The fourth-order valence-corrected chi connectivity index (χ4v) is 0. The normalized spacial score (nSPS) is 6.00. The Kier molecular flexibility index (Phi) is 16.6. The van der Waals surface area contributed by atoms with Crippen molar-refractivity contribution in [1.29, 1.82) is 0 Å². The average molecular weight is 207 g/mol. The van der Waals surface area contributed by atoms with Crippen molar-refractivity contribution in [3.05, 3.63) is 0 Å². The SMILES string of the molecule is [Cl-].[NH3+]CCI. The number of halogens is 2. The number of hydrogen-bond acceptors (Lipinski definition) is 0. The van der Waals surface area contributed by atoms with Gasteiger partial charge < -0.3 is 18.1 Å². The van der Waals surface area contributed by atoms with Crippen molar-refractivity contribution in [3.63, 3.8) is 0 Å². The quantitative estimate of drug-likeness (QED) is 0.344. The van der Waals surface area contributed by atoms with Gasteiger partial charge in [0.2, 0.25) is 0 Å². The van der Waals surface area contributed by atoms with Gasteiger partial charge in [0, 0.05) is 4.43 Å². The van der Waals surface area contributed by atoms with Crippen LogP contribution in [0, 0.1) is 0 Å². The predicted molar refractivity (Wildman–Crippen MR) is 26.6 cm³/mol. The van der Waals surface area contributed by atoms with E-state index in [1.54, 1.807) is 0 Å². The number of alkyl halides is 1. The molecule has 34 valence electrons. The van der Waals surface area contributed by atoms with Gasteiger partial charge in [-0.1, -0.05) is 22.6 Å². The fourth-order valence-electron chi connectivity index (χ4n) is 0. The first-order valence-electron chi connectivity index (χ1n) is 1.27. The lowest BCUT2D eigenvalue weighted by Crippen LogP contribution is -3.00. The van der Waals surface area contributed by atoms with Crippen LogP contribution in [0.4, 0.5) is 0 Å². The maximum atomic E-state index is 3.60. The molecule has 0 atom stereocenters. The molecule has 0 rings (SSSR count). The van der Waals surface area contributed by atoms with E-state index in [1.165, 1.54) is 4.43 Å². The highest BCUT2D eigenvalue weighted by molar-refractivity contribution is 14.1. The van der Waals surface area contributed by atoms with E-state index in [1.807, 2.05) is 0 Å². The summed E-state index contributed by atoms with van der Waals surface area (Å²) in [5, 5.41) is 0. The Morgan fingerprint density at radius 1 is 1.60 bits per heavy atom. The van der Waals surface area contributed by atoms with E-state index in [4.69, 9.17) is 0 Å². The van der Waals surface area contributed by atoms with Gasteiger partial charge >= 0.3 is 0 Å². The van der Waals surface area contributed by atoms with Crippen LogP contribution in [0.2, 0.25) is 0 Å². The fraction of sp³-hybridized carbons (Fsp3) is 1.00. The van der Waals surface area contributed by atoms with E-state index < -0.39 is 0 Å². The number of rotatable bonds is 1. The van der Waals surface area contributed by atoms with Gasteiger partial charge in [0.05, 0.1) is 6.54 Å². The summed E-state index contributed by atoms with van der Waals surface area (Å²) in [5.74, 6) is 0. The van der Waals surface area contributed by atoms with Crippen LogP contribution in [0.3, 0.4) is 0 Å². The van der Waals surface area contributed by atoms with Crippen molar-refractivity contribution in [2.45, 2.75) is 0 Å². The number of hydrogen-bond donors (Lipinski definition) is 1. The first kappa shape index (κ1) is 9.36.